The highest BCUT2D eigenvalue weighted by Crippen LogP contribution is 2.39. The van der Waals surface area contributed by atoms with Crippen molar-refractivity contribution in [2.45, 2.75) is 0 Å². The average Bonchev–Trinajstić information content (AvgIpc) is 2.80. The summed E-state index contributed by atoms with van der Waals surface area (Å²) < 4.78 is 15.2. The standard InChI is InChI=1S/C12H10O7/c1-17-7-4-6(11(13)14)5-3-8(12(15)16)19-9(5)10(7)18-2/h3-4H,1-2H3,(H,13,14)(H,15,16). The van der Waals surface area contributed by atoms with Crippen molar-refractivity contribution >= 4 is 22.9 Å². The molecule has 7 nitrogen and oxygen atoms in total. The lowest BCUT2D eigenvalue weighted by Crippen LogP contribution is -2.00. The Morgan fingerprint density at radius 1 is 1.11 bits per heavy atom. The lowest BCUT2D eigenvalue weighted by Gasteiger charge is -2.09. The van der Waals surface area contributed by atoms with Crippen molar-refractivity contribution in [1.82, 2.24) is 0 Å². The maximum absolute atomic E-state index is 11.2. The van der Waals surface area contributed by atoms with Gasteiger partial charge in [0.1, 0.15) is 0 Å². The highest BCUT2D eigenvalue weighted by Gasteiger charge is 2.23. The molecule has 0 aliphatic heterocycles. The zero-order valence-electron chi connectivity index (χ0n) is 10.1. The van der Waals surface area contributed by atoms with Crippen molar-refractivity contribution in [2.24, 2.45) is 0 Å². The van der Waals surface area contributed by atoms with Crippen molar-refractivity contribution in [1.29, 1.82) is 0 Å². The Bertz CT molecular complexity index is 668. The monoisotopic (exact) mass is 266 g/mol. The summed E-state index contributed by atoms with van der Waals surface area (Å²) in [4.78, 5) is 22.1. The Labute approximate surface area is 107 Å². The van der Waals surface area contributed by atoms with Crippen LogP contribution in [-0.2, 0) is 0 Å². The molecule has 1 aromatic carbocycles. The van der Waals surface area contributed by atoms with E-state index in [2.05, 4.69) is 0 Å². The third kappa shape index (κ3) is 1.95. The summed E-state index contributed by atoms with van der Waals surface area (Å²) in [6.07, 6.45) is 0. The van der Waals surface area contributed by atoms with Crippen LogP contribution < -0.4 is 9.47 Å². The summed E-state index contributed by atoms with van der Waals surface area (Å²) in [7, 11) is 2.69. The fourth-order valence-corrected chi connectivity index (χ4v) is 1.77. The van der Waals surface area contributed by atoms with Crippen molar-refractivity contribution in [3.8, 4) is 11.5 Å². The van der Waals surface area contributed by atoms with Crippen molar-refractivity contribution < 1.29 is 33.7 Å². The van der Waals surface area contributed by atoms with Gasteiger partial charge in [0.25, 0.3) is 0 Å². The predicted octanol–water partition coefficient (Wildman–Crippen LogP) is 1.85. The maximum atomic E-state index is 11.2. The lowest BCUT2D eigenvalue weighted by atomic mass is 10.1. The number of benzene rings is 1. The van der Waals surface area contributed by atoms with E-state index >= 15 is 0 Å². The van der Waals surface area contributed by atoms with Crippen LogP contribution in [0.2, 0.25) is 0 Å². The molecule has 2 N–H and O–H groups in total. The van der Waals surface area contributed by atoms with E-state index in [0.717, 1.165) is 6.07 Å². The Balaban J connectivity index is 2.89. The van der Waals surface area contributed by atoms with Crippen LogP contribution in [0, 0.1) is 0 Å². The van der Waals surface area contributed by atoms with Gasteiger partial charge in [-0.1, -0.05) is 0 Å². The highest BCUT2D eigenvalue weighted by molar-refractivity contribution is 6.07. The molecule has 2 rings (SSSR count). The highest BCUT2D eigenvalue weighted by atomic mass is 16.5. The van der Waals surface area contributed by atoms with Crippen LogP contribution in [0.25, 0.3) is 11.0 Å². The number of rotatable bonds is 4. The summed E-state index contributed by atoms with van der Waals surface area (Å²) in [5, 5.41) is 18.2. The van der Waals surface area contributed by atoms with Crippen molar-refractivity contribution in [2.75, 3.05) is 14.2 Å². The van der Waals surface area contributed by atoms with Crippen LogP contribution in [0.15, 0.2) is 16.5 Å². The molecule has 1 heterocycles. The van der Waals surface area contributed by atoms with E-state index < -0.39 is 11.9 Å². The van der Waals surface area contributed by atoms with E-state index in [0.29, 0.717) is 0 Å². The first-order valence-corrected chi connectivity index (χ1v) is 5.14. The van der Waals surface area contributed by atoms with Gasteiger partial charge in [-0.05, 0) is 6.07 Å². The second-order valence-electron chi connectivity index (χ2n) is 3.62. The van der Waals surface area contributed by atoms with E-state index in [1.807, 2.05) is 0 Å². The molecule has 0 aliphatic rings. The first-order chi connectivity index (χ1) is 8.99. The van der Waals surface area contributed by atoms with Crippen molar-refractivity contribution in [3.05, 3.63) is 23.5 Å². The van der Waals surface area contributed by atoms with Crippen LogP contribution in [0.1, 0.15) is 20.9 Å². The number of methoxy groups -OCH3 is 2. The maximum Gasteiger partial charge on any atom is 0.371 e. The Hall–Kier alpha value is -2.70. The normalized spacial score (nSPS) is 10.4. The number of carboxylic acid groups (broad SMARTS) is 2. The number of ether oxygens (including phenoxy) is 2. The van der Waals surface area contributed by atoms with Gasteiger partial charge in [-0.2, -0.15) is 0 Å². The molecule has 0 unspecified atom stereocenters. The molecule has 2 aromatic rings. The molecule has 1 aromatic heterocycles. The van der Waals surface area contributed by atoms with Gasteiger partial charge in [0.2, 0.25) is 11.5 Å². The Morgan fingerprint density at radius 2 is 1.79 bits per heavy atom. The number of hydrogen-bond acceptors (Lipinski definition) is 5. The molecule has 19 heavy (non-hydrogen) atoms. The summed E-state index contributed by atoms with van der Waals surface area (Å²) >= 11 is 0. The van der Waals surface area contributed by atoms with Crippen LogP contribution in [-0.4, -0.2) is 36.4 Å². The first kappa shape index (κ1) is 12.7. The second kappa shape index (κ2) is 4.52. The van der Waals surface area contributed by atoms with E-state index in [-0.39, 0.29) is 33.8 Å². The number of hydrogen-bond donors (Lipinski definition) is 2. The van der Waals surface area contributed by atoms with Crippen LogP contribution in [0.3, 0.4) is 0 Å². The number of furan rings is 1. The fraction of sp³-hybridized carbons (Fsp3) is 0.167. The molecule has 0 spiro atoms. The van der Waals surface area contributed by atoms with Gasteiger partial charge in [0.05, 0.1) is 19.8 Å². The van der Waals surface area contributed by atoms with Gasteiger partial charge < -0.3 is 24.1 Å². The van der Waals surface area contributed by atoms with Gasteiger partial charge in [-0.25, -0.2) is 9.59 Å². The minimum atomic E-state index is -1.30. The minimum Gasteiger partial charge on any atom is -0.493 e. The molecule has 0 aliphatic carbocycles. The molecule has 0 fully saturated rings. The number of carbonyl (C=O) groups is 2. The smallest absolute Gasteiger partial charge is 0.371 e. The molecule has 0 bridgehead atoms. The first-order valence-electron chi connectivity index (χ1n) is 5.14. The summed E-state index contributed by atoms with van der Waals surface area (Å²) in [5.41, 5.74) is -0.0967. The third-order valence-corrected chi connectivity index (χ3v) is 2.59. The molecule has 0 atom stereocenters. The van der Waals surface area contributed by atoms with E-state index in [1.165, 1.54) is 20.3 Å². The fourth-order valence-electron chi connectivity index (χ4n) is 1.77. The molecule has 0 saturated heterocycles. The zero-order valence-corrected chi connectivity index (χ0v) is 10.1. The lowest BCUT2D eigenvalue weighted by molar-refractivity contribution is 0.0662. The summed E-state index contributed by atoms with van der Waals surface area (Å²) in [6, 6.07) is 2.40. The van der Waals surface area contributed by atoms with E-state index in [4.69, 9.17) is 24.1 Å². The van der Waals surface area contributed by atoms with E-state index in [9.17, 15) is 9.59 Å². The minimum absolute atomic E-state index is 0.0247. The molecule has 0 amide bonds. The number of aromatic carboxylic acids is 2. The quantitative estimate of drug-likeness (QED) is 0.869. The predicted molar refractivity (Wildman–Crippen MR) is 63.2 cm³/mol. The van der Waals surface area contributed by atoms with Gasteiger partial charge >= 0.3 is 11.9 Å². The number of fused-ring (bicyclic) bond motifs is 1. The second-order valence-corrected chi connectivity index (χ2v) is 3.62. The average molecular weight is 266 g/mol. The van der Waals surface area contributed by atoms with Gasteiger partial charge in [-0.3, -0.25) is 0 Å². The molecular formula is C12H10O7. The summed E-state index contributed by atoms with van der Waals surface area (Å²) in [5.74, 6) is -2.59. The van der Waals surface area contributed by atoms with Crippen LogP contribution in [0.5, 0.6) is 11.5 Å². The van der Waals surface area contributed by atoms with Gasteiger partial charge in [0, 0.05) is 11.5 Å². The van der Waals surface area contributed by atoms with Gasteiger partial charge in [0.15, 0.2) is 11.3 Å². The largest absolute Gasteiger partial charge is 0.493 e. The SMILES string of the molecule is COc1cc(C(=O)O)c2cc(C(=O)O)oc2c1OC. The van der Waals surface area contributed by atoms with Crippen molar-refractivity contribution in [3.63, 3.8) is 0 Å². The van der Waals surface area contributed by atoms with E-state index in [1.54, 1.807) is 0 Å². The molecule has 0 saturated carbocycles. The summed E-state index contributed by atoms with van der Waals surface area (Å²) in [6.45, 7) is 0. The molecular weight excluding hydrogens is 256 g/mol. The van der Waals surface area contributed by atoms with Crippen LogP contribution in [0.4, 0.5) is 0 Å². The Morgan fingerprint density at radius 3 is 2.26 bits per heavy atom. The zero-order chi connectivity index (χ0) is 14.2. The number of carboxylic acids is 2. The van der Waals surface area contributed by atoms with Crippen LogP contribution >= 0.6 is 0 Å². The Kier molecular flexibility index (Phi) is 3.04. The topological polar surface area (TPSA) is 106 Å². The van der Waals surface area contributed by atoms with Gasteiger partial charge in [-0.15, -0.1) is 0 Å². The third-order valence-electron chi connectivity index (χ3n) is 2.59. The molecule has 0 radical (unpaired) electrons. The molecule has 100 valence electrons. The molecule has 7 heteroatoms.